The fourth-order valence-electron chi connectivity index (χ4n) is 2.81. The van der Waals surface area contributed by atoms with Gasteiger partial charge in [-0.25, -0.2) is 13.2 Å². The van der Waals surface area contributed by atoms with Gasteiger partial charge in [0.2, 0.25) is 0 Å². The number of aryl methyl sites for hydroxylation is 1. The van der Waals surface area contributed by atoms with Crippen LogP contribution in [0.4, 0.5) is 4.79 Å². The van der Waals surface area contributed by atoms with Crippen LogP contribution in [0.5, 0.6) is 0 Å². The Balaban J connectivity index is 1.58. The largest absolute Gasteiger partial charge is 0.334 e. The number of carbonyl (C=O) groups is 1. The first-order valence-corrected chi connectivity index (χ1v) is 8.90. The van der Waals surface area contributed by atoms with E-state index in [0.29, 0.717) is 13.0 Å². The third-order valence-electron chi connectivity index (χ3n) is 3.97. The zero-order valence-electron chi connectivity index (χ0n) is 11.9. The number of sulfone groups is 1. The van der Waals surface area contributed by atoms with Gasteiger partial charge >= 0.3 is 6.03 Å². The molecule has 1 saturated heterocycles. The van der Waals surface area contributed by atoms with E-state index in [9.17, 15) is 13.2 Å². The highest BCUT2D eigenvalue weighted by Gasteiger charge is 2.30. The number of hydrogen-bond donors (Lipinski definition) is 1. The van der Waals surface area contributed by atoms with E-state index < -0.39 is 9.84 Å². The van der Waals surface area contributed by atoms with Crippen LogP contribution in [0, 0.1) is 0 Å². The summed E-state index contributed by atoms with van der Waals surface area (Å²) in [5, 5.41) is 11.0. The van der Waals surface area contributed by atoms with Crippen LogP contribution in [0.1, 0.15) is 24.5 Å². The van der Waals surface area contributed by atoms with Gasteiger partial charge in [0.25, 0.3) is 0 Å². The summed E-state index contributed by atoms with van der Waals surface area (Å²) in [5.41, 5.74) is 0. The number of amides is 2. The second-order valence-corrected chi connectivity index (χ2v) is 7.92. The second kappa shape index (κ2) is 5.28. The maximum absolute atomic E-state index is 12.1. The van der Waals surface area contributed by atoms with Crippen LogP contribution in [0.25, 0.3) is 0 Å². The molecule has 0 radical (unpaired) electrons. The number of urea groups is 1. The number of aromatic nitrogens is 3. The molecule has 0 aliphatic carbocycles. The zero-order chi connectivity index (χ0) is 15.0. The maximum Gasteiger partial charge on any atom is 0.317 e. The van der Waals surface area contributed by atoms with E-state index in [2.05, 4.69) is 15.5 Å². The molecule has 2 aliphatic rings. The van der Waals surface area contributed by atoms with Crippen LogP contribution in [-0.4, -0.2) is 58.7 Å². The Morgan fingerprint density at radius 1 is 1.48 bits per heavy atom. The number of carbonyl (C=O) groups excluding carboxylic acids is 1. The first kappa shape index (κ1) is 14.3. The van der Waals surface area contributed by atoms with Crippen molar-refractivity contribution in [3.05, 3.63) is 11.6 Å². The van der Waals surface area contributed by atoms with Gasteiger partial charge in [-0.1, -0.05) is 0 Å². The Hall–Kier alpha value is -1.64. The summed E-state index contributed by atoms with van der Waals surface area (Å²) in [7, 11) is -1.31. The molecule has 8 nitrogen and oxygen atoms in total. The molecule has 1 aromatic rings. The van der Waals surface area contributed by atoms with E-state index in [0.717, 1.165) is 31.0 Å². The molecular formula is C12H19N5O3S. The van der Waals surface area contributed by atoms with E-state index in [1.165, 1.54) is 4.90 Å². The summed E-state index contributed by atoms with van der Waals surface area (Å²) in [6.45, 7) is 1.27. The molecule has 0 spiro atoms. The van der Waals surface area contributed by atoms with E-state index in [-0.39, 0.29) is 23.6 Å². The standard InChI is InChI=1S/C12H19N5O3S/c1-16(7-11-15-14-10-3-2-5-17(10)11)12(18)13-9-4-6-21(19,20)8-9/h9H,2-8H2,1H3,(H,13,18)/t9-/m1/s1. The summed E-state index contributed by atoms with van der Waals surface area (Å²) in [6.07, 6.45) is 2.48. The van der Waals surface area contributed by atoms with Crippen molar-refractivity contribution in [2.75, 3.05) is 18.6 Å². The summed E-state index contributed by atoms with van der Waals surface area (Å²) < 4.78 is 24.8. The molecule has 116 valence electrons. The molecule has 9 heteroatoms. The molecule has 3 rings (SSSR count). The lowest BCUT2D eigenvalue weighted by atomic mass is 10.3. The minimum Gasteiger partial charge on any atom is -0.334 e. The molecule has 2 aliphatic heterocycles. The maximum atomic E-state index is 12.1. The van der Waals surface area contributed by atoms with E-state index in [4.69, 9.17) is 0 Å². The number of nitrogens with zero attached hydrogens (tertiary/aromatic N) is 4. The van der Waals surface area contributed by atoms with Gasteiger partial charge in [-0.15, -0.1) is 10.2 Å². The van der Waals surface area contributed by atoms with E-state index in [1.54, 1.807) is 7.05 Å². The quantitative estimate of drug-likeness (QED) is 0.815. The normalized spacial score (nSPS) is 23.0. The lowest BCUT2D eigenvalue weighted by Crippen LogP contribution is -2.43. The summed E-state index contributed by atoms with van der Waals surface area (Å²) in [6, 6.07) is -0.554. The first-order valence-electron chi connectivity index (χ1n) is 7.07. The third kappa shape index (κ3) is 3.02. The molecule has 21 heavy (non-hydrogen) atoms. The molecule has 1 N–H and O–H groups in total. The lowest BCUT2D eigenvalue weighted by Gasteiger charge is -2.20. The van der Waals surface area contributed by atoms with Crippen LogP contribution in [0.15, 0.2) is 0 Å². The molecule has 1 fully saturated rings. The van der Waals surface area contributed by atoms with Gasteiger partial charge in [0.05, 0.1) is 18.1 Å². The molecule has 1 atom stereocenters. The van der Waals surface area contributed by atoms with Crippen LogP contribution in [-0.2, 0) is 29.3 Å². The van der Waals surface area contributed by atoms with Gasteiger partial charge in [0, 0.05) is 26.1 Å². The smallest absolute Gasteiger partial charge is 0.317 e. The van der Waals surface area contributed by atoms with Crippen LogP contribution < -0.4 is 5.32 Å². The van der Waals surface area contributed by atoms with Crippen LogP contribution >= 0.6 is 0 Å². The number of rotatable bonds is 3. The van der Waals surface area contributed by atoms with Crippen LogP contribution in [0.3, 0.4) is 0 Å². The summed E-state index contributed by atoms with van der Waals surface area (Å²) in [4.78, 5) is 13.6. The minimum absolute atomic E-state index is 0.0346. The van der Waals surface area contributed by atoms with Crippen molar-refractivity contribution in [1.29, 1.82) is 0 Å². The van der Waals surface area contributed by atoms with Crippen molar-refractivity contribution in [2.24, 2.45) is 0 Å². The Morgan fingerprint density at radius 3 is 3.00 bits per heavy atom. The molecular weight excluding hydrogens is 294 g/mol. The molecule has 0 saturated carbocycles. The fourth-order valence-corrected chi connectivity index (χ4v) is 4.48. The molecule has 1 aromatic heterocycles. The zero-order valence-corrected chi connectivity index (χ0v) is 12.8. The predicted octanol–water partition coefficient (Wildman–Crippen LogP) is -0.447. The van der Waals surface area contributed by atoms with E-state index >= 15 is 0 Å². The Kier molecular flexibility index (Phi) is 3.60. The van der Waals surface area contributed by atoms with Crippen molar-refractivity contribution in [3.63, 3.8) is 0 Å². The van der Waals surface area contributed by atoms with Crippen molar-refractivity contribution in [2.45, 2.75) is 38.4 Å². The third-order valence-corrected chi connectivity index (χ3v) is 5.74. The second-order valence-electron chi connectivity index (χ2n) is 5.69. The minimum atomic E-state index is -2.98. The van der Waals surface area contributed by atoms with Crippen LogP contribution in [0.2, 0.25) is 0 Å². The number of fused-ring (bicyclic) bond motifs is 1. The van der Waals surface area contributed by atoms with Gasteiger partial charge in [-0.05, 0) is 12.8 Å². The molecule has 3 heterocycles. The van der Waals surface area contributed by atoms with Crippen molar-refractivity contribution < 1.29 is 13.2 Å². The van der Waals surface area contributed by atoms with Gasteiger partial charge in [-0.2, -0.15) is 0 Å². The highest BCUT2D eigenvalue weighted by atomic mass is 32.2. The SMILES string of the molecule is CN(Cc1nnc2n1CCC2)C(=O)N[C@@H]1CCS(=O)(=O)C1. The Labute approximate surface area is 123 Å². The summed E-state index contributed by atoms with van der Waals surface area (Å²) >= 11 is 0. The lowest BCUT2D eigenvalue weighted by molar-refractivity contribution is 0.202. The van der Waals surface area contributed by atoms with Gasteiger partial charge in [0.15, 0.2) is 15.7 Å². The number of nitrogens with one attached hydrogen (secondary N) is 1. The first-order chi connectivity index (χ1) is 9.94. The number of hydrogen-bond acceptors (Lipinski definition) is 5. The summed E-state index contributed by atoms with van der Waals surface area (Å²) in [5.74, 6) is 1.94. The highest BCUT2D eigenvalue weighted by Crippen LogP contribution is 2.15. The van der Waals surface area contributed by atoms with Gasteiger partial charge < -0.3 is 14.8 Å². The Bertz CT molecular complexity index is 654. The predicted molar refractivity (Wildman–Crippen MR) is 75.4 cm³/mol. The van der Waals surface area contributed by atoms with Crippen molar-refractivity contribution >= 4 is 15.9 Å². The molecule has 0 unspecified atom stereocenters. The fraction of sp³-hybridized carbons (Fsp3) is 0.750. The van der Waals surface area contributed by atoms with Gasteiger partial charge in [-0.3, -0.25) is 0 Å². The average Bonchev–Trinajstić information content (AvgIpc) is 3.07. The highest BCUT2D eigenvalue weighted by molar-refractivity contribution is 7.91. The monoisotopic (exact) mass is 313 g/mol. The topological polar surface area (TPSA) is 97.2 Å². The Morgan fingerprint density at radius 2 is 2.29 bits per heavy atom. The van der Waals surface area contributed by atoms with Crippen molar-refractivity contribution in [3.8, 4) is 0 Å². The molecule has 0 bridgehead atoms. The van der Waals surface area contributed by atoms with Gasteiger partial charge in [0.1, 0.15) is 5.82 Å². The van der Waals surface area contributed by atoms with Crippen molar-refractivity contribution in [1.82, 2.24) is 25.0 Å². The molecule has 2 amide bonds. The average molecular weight is 313 g/mol. The molecule has 0 aromatic carbocycles. The van der Waals surface area contributed by atoms with E-state index in [1.807, 2.05) is 4.57 Å².